The highest BCUT2D eigenvalue weighted by atomic mass is 16.5. The summed E-state index contributed by atoms with van der Waals surface area (Å²) in [5.74, 6) is 1.63. The highest BCUT2D eigenvalue weighted by molar-refractivity contribution is 6.02. The van der Waals surface area contributed by atoms with Gasteiger partial charge in [-0.05, 0) is 50.2 Å². The molecule has 1 aromatic heterocycles. The fourth-order valence-electron chi connectivity index (χ4n) is 3.43. The smallest absolute Gasteiger partial charge is 0.174 e. The summed E-state index contributed by atoms with van der Waals surface area (Å²) in [4.78, 5) is 2.32. The van der Waals surface area contributed by atoms with Crippen LogP contribution in [0.5, 0.6) is 5.75 Å². The largest absolute Gasteiger partial charge is 0.490 e. The lowest BCUT2D eigenvalue weighted by atomic mass is 10.1. The van der Waals surface area contributed by atoms with E-state index in [0.717, 1.165) is 48.1 Å². The number of nitrogens with one attached hydrogen (secondary N) is 1. The predicted octanol–water partition coefficient (Wildman–Crippen LogP) is 3.62. The Hall–Kier alpha value is -3.26. The van der Waals surface area contributed by atoms with E-state index in [-0.39, 0.29) is 11.9 Å². The molecule has 144 valence electrons. The summed E-state index contributed by atoms with van der Waals surface area (Å²) in [5.41, 5.74) is 15.0. The number of nitrogens with zero attached hydrogens (tertiary/aromatic N) is 4. The summed E-state index contributed by atoms with van der Waals surface area (Å²) in [6, 6.07) is 13.3. The van der Waals surface area contributed by atoms with Crippen LogP contribution in [0.2, 0.25) is 0 Å². The zero-order valence-corrected chi connectivity index (χ0v) is 15.6. The molecular weight excluding hydrogens is 356 g/mol. The average Bonchev–Trinajstić information content (AvgIpc) is 3.13. The van der Waals surface area contributed by atoms with Crippen LogP contribution >= 0.6 is 0 Å². The number of likely N-dealkylation sites (tertiary alicyclic amines) is 1. The molecular formula is C20H22N6O2. The highest BCUT2D eigenvalue weighted by Gasteiger charge is 2.19. The van der Waals surface area contributed by atoms with Crippen LogP contribution in [0, 0.1) is 5.53 Å². The molecule has 0 spiro atoms. The molecule has 3 aromatic rings. The zero-order valence-electron chi connectivity index (χ0n) is 15.6. The third-order valence-corrected chi connectivity index (χ3v) is 4.99. The fourth-order valence-corrected chi connectivity index (χ4v) is 3.43. The van der Waals surface area contributed by atoms with Gasteiger partial charge in [-0.15, -0.1) is 5.10 Å². The number of piperidine rings is 1. The number of hydrogen-bond acceptors (Lipinski definition) is 6. The second kappa shape index (κ2) is 7.77. The molecule has 1 aliphatic heterocycles. The molecule has 0 aliphatic carbocycles. The van der Waals surface area contributed by atoms with Gasteiger partial charge in [0.15, 0.2) is 11.6 Å². The first-order chi connectivity index (χ1) is 13.6. The van der Waals surface area contributed by atoms with E-state index in [2.05, 4.69) is 27.4 Å². The van der Waals surface area contributed by atoms with Crippen LogP contribution in [0.15, 0.2) is 57.3 Å². The number of hydrogen-bond donors (Lipinski definition) is 2. The lowest BCUT2D eigenvalue weighted by Crippen LogP contribution is -2.35. The molecule has 8 nitrogen and oxygen atoms in total. The summed E-state index contributed by atoms with van der Waals surface area (Å²) < 4.78 is 11.8. The number of aromatic nitrogens is 1. The molecule has 0 bridgehead atoms. The Morgan fingerprint density at radius 2 is 2.07 bits per heavy atom. The Kier molecular flexibility index (Phi) is 5.03. The van der Waals surface area contributed by atoms with E-state index in [9.17, 15) is 0 Å². The maximum Gasteiger partial charge on any atom is 0.174 e. The van der Waals surface area contributed by atoms with Gasteiger partial charge in [-0.2, -0.15) is 5.53 Å². The minimum atomic E-state index is 0.170. The molecule has 3 N–H and O–H groups in total. The summed E-state index contributed by atoms with van der Waals surface area (Å²) in [5, 5.41) is 11.5. The Morgan fingerprint density at radius 3 is 2.86 bits per heavy atom. The van der Waals surface area contributed by atoms with Gasteiger partial charge < -0.3 is 19.9 Å². The molecule has 2 aromatic carbocycles. The van der Waals surface area contributed by atoms with Crippen molar-refractivity contribution in [3.8, 4) is 17.1 Å². The Bertz CT molecular complexity index is 1020. The second-order valence-electron chi connectivity index (χ2n) is 6.98. The number of ether oxygens (including phenoxy) is 1. The standard InChI is InChI=1S/C20H22N6O2/c1-26-9-7-15(8-10-26)27-16-4-2-3-13(11-16)19-17-12-14(20(21)23-25-22)5-6-18(17)24-28-19/h2-6,11-12,15H,7-10H2,1H3,(H3,21,22,23). The van der Waals surface area contributed by atoms with E-state index in [4.69, 9.17) is 20.5 Å². The molecule has 0 atom stereocenters. The molecule has 0 unspecified atom stereocenters. The molecule has 8 heteroatoms. The minimum Gasteiger partial charge on any atom is -0.490 e. The van der Waals surface area contributed by atoms with Gasteiger partial charge in [-0.3, -0.25) is 0 Å². The lowest BCUT2D eigenvalue weighted by Gasteiger charge is -2.29. The number of nitrogens with two attached hydrogens (primary N) is 1. The van der Waals surface area contributed by atoms with Crippen molar-refractivity contribution >= 4 is 16.7 Å². The molecule has 1 fully saturated rings. The van der Waals surface area contributed by atoms with Gasteiger partial charge in [0.25, 0.3) is 0 Å². The van der Waals surface area contributed by atoms with Crippen molar-refractivity contribution in [3.05, 3.63) is 48.0 Å². The highest BCUT2D eigenvalue weighted by Crippen LogP contribution is 2.32. The van der Waals surface area contributed by atoms with E-state index in [0.29, 0.717) is 11.3 Å². The molecule has 1 saturated heterocycles. The van der Waals surface area contributed by atoms with Crippen molar-refractivity contribution < 1.29 is 9.26 Å². The van der Waals surface area contributed by atoms with Crippen molar-refractivity contribution in [1.29, 1.82) is 5.53 Å². The lowest BCUT2D eigenvalue weighted by molar-refractivity contribution is 0.114. The van der Waals surface area contributed by atoms with Gasteiger partial charge in [0.2, 0.25) is 0 Å². The number of amidine groups is 1. The Labute approximate surface area is 162 Å². The van der Waals surface area contributed by atoms with Crippen LogP contribution < -0.4 is 10.5 Å². The maximum absolute atomic E-state index is 6.84. The first-order valence-electron chi connectivity index (χ1n) is 9.19. The van der Waals surface area contributed by atoms with E-state index >= 15 is 0 Å². The quantitative estimate of drug-likeness (QED) is 0.305. The number of rotatable bonds is 5. The Morgan fingerprint density at radius 1 is 1.25 bits per heavy atom. The predicted molar refractivity (Wildman–Crippen MR) is 106 cm³/mol. The maximum atomic E-state index is 6.84. The van der Waals surface area contributed by atoms with Crippen LogP contribution in [0.3, 0.4) is 0 Å². The third kappa shape index (κ3) is 3.72. The second-order valence-corrected chi connectivity index (χ2v) is 6.98. The molecule has 28 heavy (non-hydrogen) atoms. The van der Waals surface area contributed by atoms with Gasteiger partial charge in [0.05, 0.1) is 5.39 Å². The van der Waals surface area contributed by atoms with Gasteiger partial charge in [0, 0.05) is 24.2 Å². The van der Waals surface area contributed by atoms with E-state index in [1.807, 2.05) is 36.4 Å². The van der Waals surface area contributed by atoms with Crippen LogP contribution in [0.1, 0.15) is 18.4 Å². The van der Waals surface area contributed by atoms with Gasteiger partial charge in [-0.1, -0.05) is 22.5 Å². The molecule has 4 rings (SSSR count). The van der Waals surface area contributed by atoms with E-state index in [1.54, 1.807) is 6.07 Å². The first kappa shape index (κ1) is 18.1. The van der Waals surface area contributed by atoms with Crippen LogP contribution in [-0.4, -0.2) is 42.1 Å². The molecule has 2 heterocycles. The molecule has 0 radical (unpaired) electrons. The summed E-state index contributed by atoms with van der Waals surface area (Å²) >= 11 is 0. The summed E-state index contributed by atoms with van der Waals surface area (Å²) in [6.45, 7) is 2.10. The van der Waals surface area contributed by atoms with Crippen molar-refractivity contribution in [2.24, 2.45) is 16.1 Å². The number of benzene rings is 2. The third-order valence-electron chi connectivity index (χ3n) is 4.99. The van der Waals surface area contributed by atoms with Crippen molar-refractivity contribution in [2.45, 2.75) is 18.9 Å². The van der Waals surface area contributed by atoms with E-state index < -0.39 is 0 Å². The monoisotopic (exact) mass is 378 g/mol. The first-order valence-corrected chi connectivity index (χ1v) is 9.19. The Balaban J connectivity index is 1.63. The van der Waals surface area contributed by atoms with Crippen LogP contribution in [0.25, 0.3) is 22.2 Å². The molecule has 0 saturated carbocycles. The van der Waals surface area contributed by atoms with Gasteiger partial charge in [-0.25, -0.2) is 0 Å². The van der Waals surface area contributed by atoms with Crippen molar-refractivity contribution in [2.75, 3.05) is 20.1 Å². The topological polar surface area (TPSA) is 113 Å². The number of fused-ring (bicyclic) bond motifs is 1. The fraction of sp³-hybridized carbons (Fsp3) is 0.300. The van der Waals surface area contributed by atoms with Crippen molar-refractivity contribution in [1.82, 2.24) is 10.1 Å². The molecule has 1 aliphatic rings. The van der Waals surface area contributed by atoms with Gasteiger partial charge in [0.1, 0.15) is 17.4 Å². The van der Waals surface area contributed by atoms with Crippen molar-refractivity contribution in [3.63, 3.8) is 0 Å². The molecule has 0 amide bonds. The SMILES string of the molecule is CN1CCC(Oc2cccc(-c3onc4ccc(C(N)=NN=N)cc34)c2)CC1. The average molecular weight is 378 g/mol. The zero-order chi connectivity index (χ0) is 19.5. The summed E-state index contributed by atoms with van der Waals surface area (Å²) in [6.07, 6.45) is 2.28. The minimum absolute atomic E-state index is 0.170. The van der Waals surface area contributed by atoms with Gasteiger partial charge >= 0.3 is 0 Å². The summed E-state index contributed by atoms with van der Waals surface area (Å²) in [7, 11) is 2.13. The van der Waals surface area contributed by atoms with Crippen LogP contribution in [-0.2, 0) is 0 Å². The normalized spacial score (nSPS) is 16.4. The van der Waals surface area contributed by atoms with Crippen LogP contribution in [0.4, 0.5) is 0 Å². The van der Waals surface area contributed by atoms with E-state index in [1.165, 1.54) is 0 Å².